The van der Waals surface area contributed by atoms with Crippen molar-refractivity contribution >= 4 is 16.2 Å². The van der Waals surface area contributed by atoms with Crippen molar-refractivity contribution in [1.82, 2.24) is 9.44 Å². The summed E-state index contributed by atoms with van der Waals surface area (Å²) in [4.78, 5) is 11.2. The van der Waals surface area contributed by atoms with Crippen LogP contribution in [-0.2, 0) is 19.7 Å². The first-order valence-corrected chi connectivity index (χ1v) is 6.91. The van der Waals surface area contributed by atoms with Gasteiger partial charge < -0.3 is 9.84 Å². The predicted octanol–water partition coefficient (Wildman–Crippen LogP) is -0.546. The summed E-state index contributed by atoms with van der Waals surface area (Å²) in [6.07, 6.45) is 2.08. The molecule has 1 aliphatic rings. The average Bonchev–Trinajstić information content (AvgIpc) is 2.67. The molecule has 0 atom stereocenters. The zero-order valence-electron chi connectivity index (χ0n) is 9.73. The van der Waals surface area contributed by atoms with Gasteiger partial charge in [0.2, 0.25) is 0 Å². The minimum atomic E-state index is -3.80. The number of nitrogens with one attached hydrogen (secondary N) is 2. The fourth-order valence-corrected chi connectivity index (χ4v) is 3.14. The molecule has 0 aromatic heterocycles. The maximum Gasteiger partial charge on any atom is 0.324 e. The van der Waals surface area contributed by atoms with E-state index in [9.17, 15) is 13.2 Å². The molecule has 0 aromatic carbocycles. The fourth-order valence-electron chi connectivity index (χ4n) is 1.91. The summed E-state index contributed by atoms with van der Waals surface area (Å²) in [6, 6.07) is 0. The molecule has 0 saturated heterocycles. The molecule has 0 bridgehead atoms. The van der Waals surface area contributed by atoms with E-state index in [1.54, 1.807) is 0 Å². The third kappa shape index (κ3) is 3.91. The van der Waals surface area contributed by atoms with Crippen molar-refractivity contribution in [2.75, 3.05) is 20.3 Å². The highest BCUT2D eigenvalue weighted by Crippen LogP contribution is 2.30. The highest BCUT2D eigenvalue weighted by molar-refractivity contribution is 7.87. The van der Waals surface area contributed by atoms with Crippen molar-refractivity contribution in [2.45, 2.75) is 31.2 Å². The molecule has 100 valence electrons. The molecule has 0 radical (unpaired) electrons. The van der Waals surface area contributed by atoms with Gasteiger partial charge in [0.25, 0.3) is 10.2 Å². The number of carboxylic acid groups (broad SMARTS) is 1. The summed E-state index contributed by atoms with van der Waals surface area (Å²) in [5, 5.41) is 9.12. The van der Waals surface area contributed by atoms with Gasteiger partial charge in [-0.1, -0.05) is 12.8 Å². The van der Waals surface area contributed by atoms with E-state index in [0.29, 0.717) is 25.7 Å². The molecule has 1 rings (SSSR count). The number of hydrogen-bond donors (Lipinski definition) is 3. The van der Waals surface area contributed by atoms with Crippen LogP contribution in [0.1, 0.15) is 25.7 Å². The van der Waals surface area contributed by atoms with Crippen molar-refractivity contribution in [3.63, 3.8) is 0 Å². The lowest BCUT2D eigenvalue weighted by molar-refractivity contribution is -0.143. The maximum atomic E-state index is 11.6. The average molecular weight is 266 g/mol. The Morgan fingerprint density at radius 1 is 1.41 bits per heavy atom. The third-order valence-electron chi connectivity index (χ3n) is 2.79. The molecule has 1 aliphatic carbocycles. The fraction of sp³-hybridized carbons (Fsp3) is 0.889. The zero-order valence-corrected chi connectivity index (χ0v) is 10.5. The standard InChI is InChI=1S/C9H18N2O5S/c1-16-7-6-10-17(14,15)11-9(8(12)13)4-2-3-5-9/h10-11H,2-7H2,1H3,(H,12,13). The molecule has 0 spiro atoms. The van der Waals surface area contributed by atoms with Gasteiger partial charge in [0.15, 0.2) is 0 Å². The topological polar surface area (TPSA) is 105 Å². The predicted molar refractivity (Wildman–Crippen MR) is 60.8 cm³/mol. The molecule has 17 heavy (non-hydrogen) atoms. The minimum Gasteiger partial charge on any atom is -0.480 e. The van der Waals surface area contributed by atoms with Gasteiger partial charge in [0, 0.05) is 13.7 Å². The first-order chi connectivity index (χ1) is 7.92. The molecule has 1 saturated carbocycles. The molecule has 1 fully saturated rings. The van der Waals surface area contributed by atoms with Gasteiger partial charge >= 0.3 is 5.97 Å². The van der Waals surface area contributed by atoms with Crippen molar-refractivity contribution in [3.8, 4) is 0 Å². The highest BCUT2D eigenvalue weighted by atomic mass is 32.2. The number of rotatable bonds is 7. The van der Waals surface area contributed by atoms with E-state index >= 15 is 0 Å². The van der Waals surface area contributed by atoms with Crippen molar-refractivity contribution in [1.29, 1.82) is 0 Å². The summed E-state index contributed by atoms with van der Waals surface area (Å²) in [7, 11) is -2.35. The van der Waals surface area contributed by atoms with Crippen LogP contribution < -0.4 is 9.44 Å². The first kappa shape index (κ1) is 14.4. The van der Waals surface area contributed by atoms with E-state index in [1.807, 2.05) is 0 Å². The molecule has 0 unspecified atom stereocenters. The van der Waals surface area contributed by atoms with Crippen LogP contribution in [0, 0.1) is 0 Å². The summed E-state index contributed by atoms with van der Waals surface area (Å²) in [5.74, 6) is -1.12. The van der Waals surface area contributed by atoms with Crippen molar-refractivity contribution < 1.29 is 23.1 Å². The van der Waals surface area contributed by atoms with Crippen LogP contribution in [0.15, 0.2) is 0 Å². The molecule has 0 amide bonds. The van der Waals surface area contributed by atoms with Crippen LogP contribution >= 0.6 is 0 Å². The van der Waals surface area contributed by atoms with Gasteiger partial charge in [0.05, 0.1) is 6.61 Å². The van der Waals surface area contributed by atoms with E-state index in [4.69, 9.17) is 9.84 Å². The molecule has 0 heterocycles. The number of hydrogen-bond acceptors (Lipinski definition) is 4. The summed E-state index contributed by atoms with van der Waals surface area (Å²) in [6.45, 7) is 0.350. The second-order valence-corrected chi connectivity index (χ2v) is 5.59. The minimum absolute atomic E-state index is 0.113. The molecule has 8 heteroatoms. The Bertz CT molecular complexity index is 362. The summed E-state index contributed by atoms with van der Waals surface area (Å²) < 4.78 is 32.4. The number of ether oxygens (including phenoxy) is 1. The van der Waals surface area contributed by atoms with Gasteiger partial charge in [0.1, 0.15) is 5.54 Å². The normalized spacial score (nSPS) is 19.4. The Balaban J connectivity index is 2.64. The Morgan fingerprint density at radius 3 is 2.47 bits per heavy atom. The number of methoxy groups -OCH3 is 1. The Hall–Kier alpha value is -0.700. The third-order valence-corrected chi connectivity index (χ3v) is 4.04. The summed E-state index contributed by atoms with van der Waals surface area (Å²) >= 11 is 0. The maximum absolute atomic E-state index is 11.6. The number of carbonyl (C=O) groups is 1. The highest BCUT2D eigenvalue weighted by Gasteiger charge is 2.44. The van der Waals surface area contributed by atoms with Crippen LogP contribution in [-0.4, -0.2) is 45.3 Å². The SMILES string of the molecule is COCCNS(=O)(=O)NC1(C(=O)O)CCCC1. The van der Waals surface area contributed by atoms with E-state index in [-0.39, 0.29) is 13.2 Å². The van der Waals surface area contributed by atoms with Gasteiger partial charge in [-0.3, -0.25) is 4.79 Å². The lowest BCUT2D eigenvalue weighted by atomic mass is 10.0. The van der Waals surface area contributed by atoms with Gasteiger partial charge in [-0.05, 0) is 12.8 Å². The largest absolute Gasteiger partial charge is 0.480 e. The van der Waals surface area contributed by atoms with Crippen LogP contribution in [0.5, 0.6) is 0 Å². The van der Waals surface area contributed by atoms with E-state index in [2.05, 4.69) is 9.44 Å². The van der Waals surface area contributed by atoms with Crippen molar-refractivity contribution in [3.05, 3.63) is 0 Å². The molecular weight excluding hydrogens is 248 g/mol. The molecular formula is C9H18N2O5S. The Kier molecular flexibility index (Phi) is 4.87. The quantitative estimate of drug-likeness (QED) is 0.536. The second-order valence-electron chi connectivity index (χ2n) is 4.09. The Morgan fingerprint density at radius 2 is 2.00 bits per heavy atom. The number of carboxylic acids is 1. The first-order valence-electron chi connectivity index (χ1n) is 5.43. The lowest BCUT2D eigenvalue weighted by Crippen LogP contribution is -2.55. The van der Waals surface area contributed by atoms with Crippen LogP contribution in [0.25, 0.3) is 0 Å². The molecule has 3 N–H and O–H groups in total. The van der Waals surface area contributed by atoms with Crippen LogP contribution in [0.4, 0.5) is 0 Å². The smallest absolute Gasteiger partial charge is 0.324 e. The second kappa shape index (κ2) is 5.76. The zero-order chi connectivity index (χ0) is 12.9. The van der Waals surface area contributed by atoms with E-state index in [0.717, 1.165) is 0 Å². The summed E-state index contributed by atoms with van der Waals surface area (Å²) in [5.41, 5.74) is -1.35. The van der Waals surface area contributed by atoms with Gasteiger partial charge in [-0.25, -0.2) is 0 Å². The van der Waals surface area contributed by atoms with Crippen LogP contribution in [0.3, 0.4) is 0 Å². The van der Waals surface area contributed by atoms with Gasteiger partial charge in [-0.2, -0.15) is 17.9 Å². The Labute approximate surface area is 101 Å². The van der Waals surface area contributed by atoms with E-state index in [1.165, 1.54) is 7.11 Å². The molecule has 0 aromatic rings. The lowest BCUT2D eigenvalue weighted by Gasteiger charge is -2.24. The monoisotopic (exact) mass is 266 g/mol. The molecule has 0 aliphatic heterocycles. The van der Waals surface area contributed by atoms with Crippen molar-refractivity contribution in [2.24, 2.45) is 0 Å². The molecule has 7 nitrogen and oxygen atoms in total. The number of aliphatic carboxylic acids is 1. The van der Waals surface area contributed by atoms with Crippen LogP contribution in [0.2, 0.25) is 0 Å². The van der Waals surface area contributed by atoms with E-state index < -0.39 is 21.7 Å². The van der Waals surface area contributed by atoms with Gasteiger partial charge in [-0.15, -0.1) is 0 Å².